The SMILES string of the molecule is C#CCCC1(CCNC(=O)c2nonc2Cn2nnc3c(N4CCC(F)(F)C4)nc(C(C)(C)C)nc32)NN1. The molecule has 3 aromatic rings. The lowest BCUT2D eigenvalue weighted by Gasteiger charge is -2.22. The Hall–Kier alpha value is -3.77. The summed E-state index contributed by atoms with van der Waals surface area (Å²) in [6.07, 6.45) is 7.05. The molecule has 13 nitrogen and oxygen atoms in total. The van der Waals surface area contributed by atoms with Gasteiger partial charge in [-0.3, -0.25) is 4.79 Å². The van der Waals surface area contributed by atoms with Gasteiger partial charge in [-0.1, -0.05) is 31.1 Å². The first-order valence-corrected chi connectivity index (χ1v) is 12.3. The van der Waals surface area contributed by atoms with Gasteiger partial charge in [-0.15, -0.1) is 17.4 Å². The number of aromatic nitrogens is 7. The summed E-state index contributed by atoms with van der Waals surface area (Å²) in [6.45, 7) is 5.82. The maximum atomic E-state index is 14.0. The van der Waals surface area contributed by atoms with Crippen LogP contribution in [0.3, 0.4) is 0 Å². The number of hydrogen-bond acceptors (Lipinski definition) is 11. The number of anilines is 1. The average Bonchev–Trinajstić information content (AvgIpc) is 3.17. The van der Waals surface area contributed by atoms with Gasteiger partial charge >= 0.3 is 0 Å². The quantitative estimate of drug-likeness (QED) is 0.268. The highest BCUT2D eigenvalue weighted by Crippen LogP contribution is 2.34. The molecular weight excluding hydrogens is 500 g/mol. The highest BCUT2D eigenvalue weighted by Gasteiger charge is 2.41. The monoisotopic (exact) mass is 529 g/mol. The van der Waals surface area contributed by atoms with Crippen LogP contribution in [0.2, 0.25) is 0 Å². The van der Waals surface area contributed by atoms with E-state index in [0.717, 1.165) is 6.42 Å². The third-order valence-corrected chi connectivity index (χ3v) is 6.57. The van der Waals surface area contributed by atoms with Gasteiger partial charge in [-0.25, -0.2) is 38.9 Å². The minimum atomic E-state index is -2.81. The number of carbonyl (C=O) groups is 1. The Morgan fingerprint density at radius 3 is 2.68 bits per heavy atom. The molecule has 0 aliphatic carbocycles. The smallest absolute Gasteiger partial charge is 0.275 e. The number of hydrogen-bond donors (Lipinski definition) is 3. The number of rotatable bonds is 9. The lowest BCUT2D eigenvalue weighted by molar-refractivity contribution is 0.0256. The summed E-state index contributed by atoms with van der Waals surface area (Å²) >= 11 is 0. The maximum Gasteiger partial charge on any atom is 0.275 e. The molecule has 5 rings (SSSR count). The number of fused-ring (bicyclic) bond motifs is 1. The van der Waals surface area contributed by atoms with Gasteiger partial charge in [0.1, 0.15) is 11.5 Å². The molecule has 0 bridgehead atoms. The van der Waals surface area contributed by atoms with Crippen LogP contribution in [0.15, 0.2) is 4.63 Å². The number of carbonyl (C=O) groups excluding carboxylic acids is 1. The fourth-order valence-electron chi connectivity index (χ4n) is 4.27. The number of alkyl halides is 2. The third-order valence-electron chi connectivity index (χ3n) is 6.57. The highest BCUT2D eigenvalue weighted by atomic mass is 19.3. The first kappa shape index (κ1) is 25.9. The molecule has 1 amide bonds. The van der Waals surface area contributed by atoms with E-state index in [9.17, 15) is 13.6 Å². The molecule has 5 heterocycles. The van der Waals surface area contributed by atoms with E-state index in [1.807, 2.05) is 20.8 Å². The normalized spacial score (nSPS) is 18.1. The van der Waals surface area contributed by atoms with Crippen molar-refractivity contribution in [1.29, 1.82) is 0 Å². The molecule has 0 spiro atoms. The largest absolute Gasteiger partial charge is 0.350 e. The van der Waals surface area contributed by atoms with E-state index in [4.69, 9.17) is 11.1 Å². The van der Waals surface area contributed by atoms with Crippen molar-refractivity contribution in [3.8, 4) is 12.3 Å². The van der Waals surface area contributed by atoms with Gasteiger partial charge < -0.3 is 10.2 Å². The number of hydrazine groups is 1. The Morgan fingerprint density at radius 1 is 1.24 bits per heavy atom. The van der Waals surface area contributed by atoms with Crippen molar-refractivity contribution in [3.63, 3.8) is 0 Å². The minimum absolute atomic E-state index is 0.00699. The molecule has 0 aromatic carbocycles. The van der Waals surface area contributed by atoms with Gasteiger partial charge in [0.15, 0.2) is 22.7 Å². The summed E-state index contributed by atoms with van der Waals surface area (Å²) in [5.74, 6) is 0.101. The molecule has 0 atom stereocenters. The first-order chi connectivity index (χ1) is 18.0. The molecule has 0 saturated carbocycles. The molecule has 2 fully saturated rings. The van der Waals surface area contributed by atoms with Crippen LogP contribution < -0.4 is 21.1 Å². The Labute approximate surface area is 217 Å². The van der Waals surface area contributed by atoms with Crippen LogP contribution in [-0.4, -0.2) is 72.4 Å². The van der Waals surface area contributed by atoms with Crippen molar-refractivity contribution in [2.75, 3.05) is 24.5 Å². The maximum absolute atomic E-state index is 14.0. The highest BCUT2D eigenvalue weighted by molar-refractivity contribution is 5.93. The number of terminal acetylenes is 1. The summed E-state index contributed by atoms with van der Waals surface area (Å²) < 4.78 is 34.3. The van der Waals surface area contributed by atoms with Gasteiger partial charge in [0.25, 0.3) is 11.8 Å². The van der Waals surface area contributed by atoms with E-state index in [-0.39, 0.29) is 36.6 Å². The van der Waals surface area contributed by atoms with Gasteiger partial charge in [-0.2, -0.15) is 0 Å². The summed E-state index contributed by atoms with van der Waals surface area (Å²) in [6, 6.07) is 0. The number of nitrogens with one attached hydrogen (secondary N) is 3. The number of nitrogens with zero attached hydrogens (tertiary/aromatic N) is 8. The summed E-state index contributed by atoms with van der Waals surface area (Å²) in [5, 5.41) is 18.8. The predicted octanol–water partition coefficient (Wildman–Crippen LogP) is 1.13. The zero-order chi connectivity index (χ0) is 27.1. The Morgan fingerprint density at radius 2 is 2.03 bits per heavy atom. The van der Waals surface area contributed by atoms with E-state index < -0.39 is 23.8 Å². The van der Waals surface area contributed by atoms with Crippen molar-refractivity contribution in [2.24, 2.45) is 0 Å². The van der Waals surface area contributed by atoms with E-state index in [2.05, 4.69) is 52.7 Å². The Kier molecular flexibility index (Phi) is 6.48. The molecule has 202 valence electrons. The molecule has 2 aliphatic heterocycles. The lowest BCUT2D eigenvalue weighted by atomic mass is 9.96. The molecule has 3 aromatic heterocycles. The zero-order valence-electron chi connectivity index (χ0n) is 21.4. The van der Waals surface area contributed by atoms with Gasteiger partial charge in [0, 0.05) is 31.3 Å². The van der Waals surface area contributed by atoms with Crippen molar-refractivity contribution < 1.29 is 18.2 Å². The lowest BCUT2D eigenvalue weighted by Crippen LogP contribution is -2.31. The molecule has 38 heavy (non-hydrogen) atoms. The van der Waals surface area contributed by atoms with Crippen LogP contribution >= 0.6 is 0 Å². The Bertz CT molecular complexity index is 1380. The Balaban J connectivity index is 1.36. The summed E-state index contributed by atoms with van der Waals surface area (Å²) in [4.78, 5) is 23.6. The first-order valence-electron chi connectivity index (χ1n) is 12.3. The fraction of sp³-hybridized carbons (Fsp3) is 0.609. The second-order valence-electron chi connectivity index (χ2n) is 10.7. The number of halogens is 2. The van der Waals surface area contributed by atoms with Crippen molar-refractivity contribution >= 4 is 22.9 Å². The molecule has 15 heteroatoms. The standard InChI is InChI=1S/C23H29F2N11O2/c1-5-6-7-23(32-33-23)8-10-26-19(37)15-14(30-38-31-15)12-36-18-16(29-34-36)17(27-20(28-18)21(2,3)4)35-11-9-22(24,25)13-35/h1,32-33H,6-13H2,2-4H3,(H,26,37). The fourth-order valence-corrected chi connectivity index (χ4v) is 4.27. The van der Waals surface area contributed by atoms with Crippen LogP contribution in [0, 0.1) is 12.3 Å². The van der Waals surface area contributed by atoms with E-state index in [1.54, 1.807) is 0 Å². The molecule has 2 saturated heterocycles. The van der Waals surface area contributed by atoms with Crippen LogP contribution in [0.1, 0.15) is 68.5 Å². The second-order valence-corrected chi connectivity index (χ2v) is 10.7. The van der Waals surface area contributed by atoms with Crippen LogP contribution in [0.4, 0.5) is 14.6 Å². The molecule has 0 radical (unpaired) electrons. The predicted molar refractivity (Wildman–Crippen MR) is 131 cm³/mol. The van der Waals surface area contributed by atoms with E-state index in [0.29, 0.717) is 42.2 Å². The average molecular weight is 530 g/mol. The van der Waals surface area contributed by atoms with Crippen LogP contribution in [-0.2, 0) is 12.0 Å². The van der Waals surface area contributed by atoms with Crippen LogP contribution in [0.5, 0.6) is 0 Å². The van der Waals surface area contributed by atoms with E-state index >= 15 is 0 Å². The van der Waals surface area contributed by atoms with Gasteiger partial charge in [0.05, 0.1) is 18.8 Å². The zero-order valence-corrected chi connectivity index (χ0v) is 21.4. The summed E-state index contributed by atoms with van der Waals surface area (Å²) in [7, 11) is 0. The van der Waals surface area contributed by atoms with Crippen molar-refractivity contribution in [1.82, 2.24) is 51.4 Å². The topological polar surface area (TPSA) is 172 Å². The number of amides is 1. The van der Waals surface area contributed by atoms with Gasteiger partial charge in [0.2, 0.25) is 0 Å². The molecular formula is C23H29F2N11O2. The van der Waals surface area contributed by atoms with Crippen molar-refractivity contribution in [3.05, 3.63) is 17.2 Å². The summed E-state index contributed by atoms with van der Waals surface area (Å²) in [5.41, 5.74) is 6.27. The minimum Gasteiger partial charge on any atom is -0.350 e. The van der Waals surface area contributed by atoms with Gasteiger partial charge in [-0.05, 0) is 18.0 Å². The molecule has 2 aliphatic rings. The van der Waals surface area contributed by atoms with Crippen LogP contribution in [0.25, 0.3) is 11.2 Å². The molecule has 3 N–H and O–H groups in total. The van der Waals surface area contributed by atoms with E-state index in [1.165, 1.54) is 9.58 Å². The third kappa shape index (κ3) is 5.27. The second kappa shape index (κ2) is 9.52. The molecule has 0 unspecified atom stereocenters. The van der Waals surface area contributed by atoms with Crippen molar-refractivity contribution in [2.45, 2.75) is 70.0 Å².